The van der Waals surface area contributed by atoms with Crippen molar-refractivity contribution in [1.82, 2.24) is 14.7 Å². The van der Waals surface area contributed by atoms with Gasteiger partial charge in [0, 0.05) is 6.20 Å². The second-order valence-electron chi connectivity index (χ2n) is 6.53. The third-order valence-electron chi connectivity index (χ3n) is 4.46. The van der Waals surface area contributed by atoms with E-state index < -0.39 is 18.7 Å². The fourth-order valence-electron chi connectivity index (χ4n) is 3.04. The van der Waals surface area contributed by atoms with Crippen molar-refractivity contribution in [3.63, 3.8) is 0 Å². The SMILES string of the molecule is O=C(OCC1CCN(CC(F)(F)F)CC1)c1ccn(-c2ccccc2Cl)n1. The van der Waals surface area contributed by atoms with Crippen LogP contribution in [0.25, 0.3) is 5.69 Å². The Kier molecular flexibility index (Phi) is 6.06. The summed E-state index contributed by atoms with van der Waals surface area (Å²) in [6.45, 7) is -0.0116. The van der Waals surface area contributed by atoms with Gasteiger partial charge in [-0.2, -0.15) is 18.3 Å². The van der Waals surface area contributed by atoms with Gasteiger partial charge in [0.15, 0.2) is 5.69 Å². The zero-order valence-corrected chi connectivity index (χ0v) is 15.2. The van der Waals surface area contributed by atoms with E-state index in [4.69, 9.17) is 16.3 Å². The molecule has 2 heterocycles. The van der Waals surface area contributed by atoms with Crippen LogP contribution >= 0.6 is 11.6 Å². The molecule has 1 aromatic heterocycles. The first-order valence-electron chi connectivity index (χ1n) is 8.58. The van der Waals surface area contributed by atoms with Gasteiger partial charge in [-0.1, -0.05) is 23.7 Å². The number of likely N-dealkylation sites (tertiary alicyclic amines) is 1. The molecule has 1 aliphatic heterocycles. The van der Waals surface area contributed by atoms with Crippen LogP contribution < -0.4 is 0 Å². The van der Waals surface area contributed by atoms with Crippen molar-refractivity contribution < 1.29 is 22.7 Å². The van der Waals surface area contributed by atoms with E-state index in [0.29, 0.717) is 36.6 Å². The van der Waals surface area contributed by atoms with Crippen LogP contribution in [0.5, 0.6) is 0 Å². The lowest BCUT2D eigenvalue weighted by Gasteiger charge is -2.31. The zero-order valence-electron chi connectivity index (χ0n) is 14.5. The van der Waals surface area contributed by atoms with E-state index in [9.17, 15) is 18.0 Å². The van der Waals surface area contributed by atoms with Gasteiger partial charge in [0.1, 0.15) is 0 Å². The van der Waals surface area contributed by atoms with E-state index in [0.717, 1.165) is 0 Å². The standard InChI is InChI=1S/C18H19ClF3N3O2/c19-14-3-1-2-4-16(14)25-10-7-15(23-25)17(26)27-11-13-5-8-24(9-6-13)12-18(20,21)22/h1-4,7,10,13H,5-6,8-9,11-12H2. The lowest BCUT2D eigenvalue weighted by Crippen LogP contribution is -2.40. The summed E-state index contributed by atoms with van der Waals surface area (Å²) in [5.74, 6) is -0.498. The number of piperidine rings is 1. The van der Waals surface area contributed by atoms with Gasteiger partial charge in [0.25, 0.3) is 0 Å². The molecule has 146 valence electrons. The Hall–Kier alpha value is -2.06. The number of esters is 1. The zero-order chi connectivity index (χ0) is 19.4. The second kappa shape index (κ2) is 8.31. The second-order valence-corrected chi connectivity index (χ2v) is 6.94. The number of rotatable bonds is 5. The number of alkyl halides is 3. The summed E-state index contributed by atoms with van der Waals surface area (Å²) in [6, 6.07) is 8.65. The summed E-state index contributed by atoms with van der Waals surface area (Å²) in [4.78, 5) is 13.6. The molecular weight excluding hydrogens is 383 g/mol. The highest BCUT2D eigenvalue weighted by Gasteiger charge is 2.32. The number of carbonyl (C=O) groups is 1. The van der Waals surface area contributed by atoms with Gasteiger partial charge < -0.3 is 4.74 Å². The highest BCUT2D eigenvalue weighted by atomic mass is 35.5. The van der Waals surface area contributed by atoms with Crippen molar-refractivity contribution in [2.24, 2.45) is 5.92 Å². The molecule has 1 fully saturated rings. The van der Waals surface area contributed by atoms with Gasteiger partial charge >= 0.3 is 12.1 Å². The molecule has 0 amide bonds. The first kappa shape index (κ1) is 19.7. The highest BCUT2D eigenvalue weighted by Crippen LogP contribution is 2.23. The Bertz CT molecular complexity index is 786. The van der Waals surface area contributed by atoms with E-state index >= 15 is 0 Å². The van der Waals surface area contributed by atoms with E-state index in [1.54, 1.807) is 24.4 Å². The minimum Gasteiger partial charge on any atom is -0.461 e. The molecule has 0 aliphatic carbocycles. The molecule has 0 radical (unpaired) electrons. The van der Waals surface area contributed by atoms with Crippen LogP contribution in [0.15, 0.2) is 36.5 Å². The predicted molar refractivity (Wildman–Crippen MR) is 94.1 cm³/mol. The fraction of sp³-hybridized carbons (Fsp3) is 0.444. The van der Waals surface area contributed by atoms with Gasteiger partial charge in [-0.25, -0.2) is 9.48 Å². The van der Waals surface area contributed by atoms with Crippen molar-refractivity contribution in [3.05, 3.63) is 47.2 Å². The third kappa shape index (κ3) is 5.46. The largest absolute Gasteiger partial charge is 0.461 e. The summed E-state index contributed by atoms with van der Waals surface area (Å²) in [6.07, 6.45) is -1.43. The predicted octanol–water partition coefficient (Wildman–Crippen LogP) is 3.96. The van der Waals surface area contributed by atoms with Gasteiger partial charge in [-0.15, -0.1) is 0 Å². The normalized spacial score (nSPS) is 16.4. The average molecular weight is 402 g/mol. The summed E-state index contributed by atoms with van der Waals surface area (Å²) in [7, 11) is 0. The molecule has 0 N–H and O–H groups in total. The van der Waals surface area contributed by atoms with Crippen LogP contribution in [0, 0.1) is 5.92 Å². The topological polar surface area (TPSA) is 47.4 Å². The molecule has 2 aromatic rings. The van der Waals surface area contributed by atoms with Crippen LogP contribution in [0.4, 0.5) is 13.2 Å². The summed E-state index contributed by atoms with van der Waals surface area (Å²) in [5, 5.41) is 4.69. The van der Waals surface area contributed by atoms with Gasteiger partial charge in [-0.3, -0.25) is 4.90 Å². The molecule has 9 heteroatoms. The number of aromatic nitrogens is 2. The lowest BCUT2D eigenvalue weighted by molar-refractivity contribution is -0.148. The average Bonchev–Trinajstić information content (AvgIpc) is 3.10. The maximum Gasteiger partial charge on any atom is 0.401 e. The molecule has 0 bridgehead atoms. The molecule has 1 saturated heterocycles. The number of halogens is 4. The molecule has 0 unspecified atom stereocenters. The summed E-state index contributed by atoms with van der Waals surface area (Å²) >= 11 is 6.11. The first-order chi connectivity index (χ1) is 12.8. The van der Waals surface area contributed by atoms with E-state index in [-0.39, 0.29) is 18.2 Å². The van der Waals surface area contributed by atoms with Crippen molar-refractivity contribution >= 4 is 17.6 Å². The van der Waals surface area contributed by atoms with Crippen LogP contribution in [0.2, 0.25) is 5.02 Å². The molecule has 27 heavy (non-hydrogen) atoms. The monoisotopic (exact) mass is 401 g/mol. The highest BCUT2D eigenvalue weighted by molar-refractivity contribution is 6.32. The molecule has 0 atom stereocenters. The number of ether oxygens (including phenoxy) is 1. The minimum absolute atomic E-state index is 0.0593. The molecule has 1 aromatic carbocycles. The number of hydrogen-bond donors (Lipinski definition) is 0. The number of nitrogens with zero attached hydrogens (tertiary/aromatic N) is 3. The van der Waals surface area contributed by atoms with Gasteiger partial charge in [0.2, 0.25) is 0 Å². The number of carbonyl (C=O) groups excluding carboxylic acids is 1. The van der Waals surface area contributed by atoms with E-state index in [2.05, 4.69) is 5.10 Å². The smallest absolute Gasteiger partial charge is 0.401 e. The number of para-hydroxylation sites is 1. The Balaban J connectivity index is 1.49. The maximum atomic E-state index is 12.4. The Morgan fingerprint density at radius 3 is 2.59 bits per heavy atom. The van der Waals surface area contributed by atoms with Crippen LogP contribution in [-0.4, -0.2) is 53.1 Å². The van der Waals surface area contributed by atoms with E-state index in [1.807, 2.05) is 6.07 Å². The minimum atomic E-state index is -4.18. The van der Waals surface area contributed by atoms with E-state index in [1.165, 1.54) is 15.6 Å². The number of benzene rings is 1. The Labute approximate surface area is 159 Å². The van der Waals surface area contributed by atoms with Crippen molar-refractivity contribution in [2.45, 2.75) is 19.0 Å². The van der Waals surface area contributed by atoms with Crippen molar-refractivity contribution in [1.29, 1.82) is 0 Å². The third-order valence-corrected chi connectivity index (χ3v) is 4.78. The maximum absolute atomic E-state index is 12.4. The Morgan fingerprint density at radius 1 is 1.22 bits per heavy atom. The molecule has 0 spiro atoms. The van der Waals surface area contributed by atoms with Crippen LogP contribution in [0.3, 0.4) is 0 Å². The molecule has 3 rings (SSSR count). The van der Waals surface area contributed by atoms with Crippen LogP contribution in [0.1, 0.15) is 23.3 Å². The quantitative estimate of drug-likeness (QED) is 0.712. The lowest BCUT2D eigenvalue weighted by atomic mass is 9.98. The molecular formula is C18H19ClF3N3O2. The summed E-state index contributed by atoms with van der Waals surface area (Å²) < 4.78 is 44.0. The van der Waals surface area contributed by atoms with Crippen molar-refractivity contribution in [3.8, 4) is 5.69 Å². The van der Waals surface area contributed by atoms with Gasteiger partial charge in [0.05, 0.1) is 23.9 Å². The number of hydrogen-bond acceptors (Lipinski definition) is 4. The summed E-state index contributed by atoms with van der Waals surface area (Å²) in [5.41, 5.74) is 0.805. The fourth-order valence-corrected chi connectivity index (χ4v) is 3.26. The van der Waals surface area contributed by atoms with Gasteiger partial charge in [-0.05, 0) is 50.0 Å². The molecule has 1 aliphatic rings. The first-order valence-corrected chi connectivity index (χ1v) is 8.96. The molecule has 0 saturated carbocycles. The Morgan fingerprint density at radius 2 is 1.93 bits per heavy atom. The van der Waals surface area contributed by atoms with Crippen molar-refractivity contribution in [2.75, 3.05) is 26.2 Å². The van der Waals surface area contributed by atoms with Crippen LogP contribution in [-0.2, 0) is 4.74 Å². The molecule has 5 nitrogen and oxygen atoms in total.